The van der Waals surface area contributed by atoms with E-state index < -0.39 is 0 Å². The minimum atomic E-state index is -0.335. The van der Waals surface area contributed by atoms with Gasteiger partial charge in [-0.1, -0.05) is 29.8 Å². The summed E-state index contributed by atoms with van der Waals surface area (Å²) >= 11 is 6.28. The number of para-hydroxylation sites is 1. The van der Waals surface area contributed by atoms with Gasteiger partial charge in [-0.05, 0) is 37.1 Å². The Morgan fingerprint density at radius 1 is 1.18 bits per heavy atom. The number of nitrogens with one attached hydrogen (secondary N) is 2. The molecule has 0 saturated heterocycles. The largest absolute Gasteiger partial charge is 0.360 e. The summed E-state index contributed by atoms with van der Waals surface area (Å²) in [6, 6.07) is 9.43. The number of fused-ring (bicyclic) bond motifs is 2. The second-order valence-corrected chi connectivity index (χ2v) is 7.74. The first kappa shape index (κ1) is 17.5. The molecule has 0 amide bonds. The number of aromatic amines is 1. The molecule has 2 aromatic carbocycles. The van der Waals surface area contributed by atoms with Crippen molar-refractivity contribution in [3.05, 3.63) is 69.8 Å². The van der Waals surface area contributed by atoms with E-state index in [-0.39, 0.29) is 5.82 Å². The lowest BCUT2D eigenvalue weighted by molar-refractivity contribution is 0.628. The summed E-state index contributed by atoms with van der Waals surface area (Å²) in [6.07, 6.45) is 2.62. The maximum absolute atomic E-state index is 15.3. The van der Waals surface area contributed by atoms with Gasteiger partial charge in [0.25, 0.3) is 0 Å². The van der Waals surface area contributed by atoms with Crippen molar-refractivity contribution in [2.24, 2.45) is 0 Å². The second kappa shape index (κ2) is 6.47. The molecule has 4 aromatic rings. The van der Waals surface area contributed by atoms with Crippen LogP contribution in [0.4, 0.5) is 4.39 Å². The van der Waals surface area contributed by atoms with Crippen LogP contribution < -0.4 is 5.32 Å². The number of benzene rings is 2. The smallest absolute Gasteiger partial charge is 0.134 e. The van der Waals surface area contributed by atoms with Crippen molar-refractivity contribution in [2.75, 3.05) is 6.54 Å². The topological polar surface area (TPSA) is 45.6 Å². The molecule has 0 fully saturated rings. The Bertz CT molecular complexity index is 1200. The number of hydrogen-bond acceptors (Lipinski definition) is 2. The Morgan fingerprint density at radius 2 is 1.96 bits per heavy atom. The number of aryl methyl sites for hydroxylation is 2. The van der Waals surface area contributed by atoms with Crippen molar-refractivity contribution in [1.82, 2.24) is 20.1 Å². The molecule has 4 nitrogen and oxygen atoms in total. The zero-order valence-corrected chi connectivity index (χ0v) is 16.5. The van der Waals surface area contributed by atoms with E-state index in [1.54, 1.807) is 6.20 Å². The zero-order chi connectivity index (χ0) is 19.4. The Labute approximate surface area is 167 Å². The first-order valence-corrected chi connectivity index (χ1v) is 9.77. The molecule has 0 aliphatic carbocycles. The SMILES string of the molecule is Cc1cccc(C)c1-n1nc2c(c1-c1c(F)cc(Cl)c3[nH]ccc13)CNCC2. The molecular formula is C22H20ClFN4. The highest BCUT2D eigenvalue weighted by atomic mass is 35.5. The number of nitrogens with zero attached hydrogens (tertiary/aromatic N) is 2. The maximum Gasteiger partial charge on any atom is 0.134 e. The number of halogens is 2. The summed E-state index contributed by atoms with van der Waals surface area (Å²) < 4.78 is 17.3. The highest BCUT2D eigenvalue weighted by Gasteiger charge is 2.27. The molecule has 2 N–H and O–H groups in total. The van der Waals surface area contributed by atoms with Crippen LogP contribution in [0.25, 0.3) is 27.8 Å². The van der Waals surface area contributed by atoms with Crippen molar-refractivity contribution >= 4 is 22.5 Å². The molecule has 0 unspecified atom stereocenters. The molecule has 5 rings (SSSR count). The molecule has 0 radical (unpaired) electrons. The minimum absolute atomic E-state index is 0.335. The molecule has 0 saturated carbocycles. The van der Waals surface area contributed by atoms with Crippen LogP contribution in [0.2, 0.25) is 5.02 Å². The predicted octanol–water partition coefficient (Wildman–Crippen LogP) is 5.08. The van der Waals surface area contributed by atoms with E-state index in [1.807, 2.05) is 16.8 Å². The van der Waals surface area contributed by atoms with E-state index in [0.29, 0.717) is 17.1 Å². The highest BCUT2D eigenvalue weighted by molar-refractivity contribution is 6.35. The van der Waals surface area contributed by atoms with Crippen LogP contribution in [0.3, 0.4) is 0 Å². The molecule has 3 heterocycles. The van der Waals surface area contributed by atoms with E-state index in [4.69, 9.17) is 16.7 Å². The monoisotopic (exact) mass is 394 g/mol. The van der Waals surface area contributed by atoms with Crippen molar-refractivity contribution in [3.8, 4) is 16.9 Å². The second-order valence-electron chi connectivity index (χ2n) is 7.33. The van der Waals surface area contributed by atoms with Gasteiger partial charge in [0.1, 0.15) is 5.82 Å². The Kier molecular flexibility index (Phi) is 4.03. The lowest BCUT2D eigenvalue weighted by atomic mass is 9.98. The van der Waals surface area contributed by atoms with Crippen LogP contribution in [0.5, 0.6) is 0 Å². The third kappa shape index (κ3) is 2.50. The zero-order valence-electron chi connectivity index (χ0n) is 15.7. The quantitative estimate of drug-likeness (QED) is 0.498. The van der Waals surface area contributed by atoms with Crippen LogP contribution in [-0.4, -0.2) is 21.3 Å². The average Bonchev–Trinajstić information content (AvgIpc) is 3.28. The van der Waals surface area contributed by atoms with Crippen LogP contribution in [0, 0.1) is 19.7 Å². The molecule has 6 heteroatoms. The molecule has 2 aromatic heterocycles. The van der Waals surface area contributed by atoms with E-state index in [1.165, 1.54) is 6.07 Å². The van der Waals surface area contributed by atoms with Crippen LogP contribution in [-0.2, 0) is 13.0 Å². The fraction of sp³-hybridized carbons (Fsp3) is 0.227. The van der Waals surface area contributed by atoms with Crippen molar-refractivity contribution in [1.29, 1.82) is 0 Å². The highest BCUT2D eigenvalue weighted by Crippen LogP contribution is 2.40. The Balaban J connectivity index is 1.91. The summed E-state index contributed by atoms with van der Waals surface area (Å²) in [7, 11) is 0. The van der Waals surface area contributed by atoms with E-state index >= 15 is 4.39 Å². The summed E-state index contributed by atoms with van der Waals surface area (Å²) in [5, 5.41) is 9.50. The van der Waals surface area contributed by atoms with Gasteiger partial charge < -0.3 is 10.3 Å². The van der Waals surface area contributed by atoms with Gasteiger partial charge in [-0.3, -0.25) is 0 Å². The summed E-state index contributed by atoms with van der Waals surface area (Å²) in [6.45, 7) is 5.67. The number of rotatable bonds is 2. The molecule has 1 aliphatic rings. The van der Waals surface area contributed by atoms with Crippen LogP contribution >= 0.6 is 11.6 Å². The summed E-state index contributed by atoms with van der Waals surface area (Å²) in [5.41, 5.74) is 7.38. The third-order valence-electron chi connectivity index (χ3n) is 5.54. The van der Waals surface area contributed by atoms with Crippen LogP contribution in [0.15, 0.2) is 36.5 Å². The van der Waals surface area contributed by atoms with Gasteiger partial charge in [-0.25, -0.2) is 9.07 Å². The van der Waals surface area contributed by atoms with Gasteiger partial charge >= 0.3 is 0 Å². The van der Waals surface area contributed by atoms with Crippen LogP contribution in [0.1, 0.15) is 22.4 Å². The Hall–Kier alpha value is -2.63. The van der Waals surface area contributed by atoms with Gasteiger partial charge in [0, 0.05) is 42.2 Å². The van der Waals surface area contributed by atoms with E-state index in [9.17, 15) is 0 Å². The van der Waals surface area contributed by atoms with Gasteiger partial charge in [0.2, 0.25) is 0 Å². The molecule has 0 atom stereocenters. The van der Waals surface area contributed by atoms with Crippen molar-refractivity contribution < 1.29 is 4.39 Å². The third-order valence-corrected chi connectivity index (χ3v) is 5.84. The first-order chi connectivity index (χ1) is 13.6. The van der Waals surface area contributed by atoms with Crippen molar-refractivity contribution in [2.45, 2.75) is 26.8 Å². The molecule has 0 spiro atoms. The van der Waals surface area contributed by atoms with Crippen molar-refractivity contribution in [3.63, 3.8) is 0 Å². The van der Waals surface area contributed by atoms with Gasteiger partial charge in [-0.2, -0.15) is 5.10 Å². The lowest BCUT2D eigenvalue weighted by Crippen LogP contribution is -2.23. The van der Waals surface area contributed by atoms with E-state index in [0.717, 1.165) is 57.6 Å². The molecule has 28 heavy (non-hydrogen) atoms. The summed E-state index contributed by atoms with van der Waals surface area (Å²) in [4.78, 5) is 3.14. The minimum Gasteiger partial charge on any atom is -0.360 e. The fourth-order valence-corrected chi connectivity index (χ4v) is 4.51. The first-order valence-electron chi connectivity index (χ1n) is 9.40. The molecule has 1 aliphatic heterocycles. The lowest BCUT2D eigenvalue weighted by Gasteiger charge is -2.17. The number of H-pyrrole nitrogens is 1. The predicted molar refractivity (Wildman–Crippen MR) is 111 cm³/mol. The molecule has 142 valence electrons. The number of aromatic nitrogens is 3. The fourth-order valence-electron chi connectivity index (χ4n) is 4.26. The normalized spacial score (nSPS) is 13.9. The molecular weight excluding hydrogens is 375 g/mol. The van der Waals surface area contributed by atoms with Gasteiger partial charge in [-0.15, -0.1) is 0 Å². The summed E-state index contributed by atoms with van der Waals surface area (Å²) in [5.74, 6) is -0.335. The van der Waals surface area contributed by atoms with E-state index in [2.05, 4.69) is 36.3 Å². The maximum atomic E-state index is 15.3. The molecule has 0 bridgehead atoms. The number of hydrogen-bond donors (Lipinski definition) is 2. The van der Waals surface area contributed by atoms with Gasteiger partial charge in [0.05, 0.1) is 27.6 Å². The Morgan fingerprint density at radius 3 is 2.75 bits per heavy atom. The average molecular weight is 395 g/mol. The van der Waals surface area contributed by atoms with Gasteiger partial charge in [0.15, 0.2) is 0 Å². The standard InChI is InChI=1S/C22H20ClFN4/c1-12-4-3-5-13(2)21(12)28-22(15-11-25-8-7-18(15)27-28)19-14-6-9-26-20(14)16(23)10-17(19)24/h3-6,9-10,25-26H,7-8,11H2,1-2H3.